The molecule has 0 bridgehead atoms. The lowest BCUT2D eigenvalue weighted by Crippen LogP contribution is -2.44. The number of likely N-dealkylation sites (tertiary alicyclic amines) is 1. The zero-order valence-corrected chi connectivity index (χ0v) is 21.1. The number of nitrogens with one attached hydrogen (secondary N) is 2. The van der Waals surface area contributed by atoms with Gasteiger partial charge in [0.1, 0.15) is 29.5 Å². The van der Waals surface area contributed by atoms with Gasteiger partial charge in [0.05, 0.1) is 0 Å². The molecule has 1 saturated heterocycles. The van der Waals surface area contributed by atoms with Gasteiger partial charge in [0.2, 0.25) is 0 Å². The minimum absolute atomic E-state index is 0.0399. The number of nitrogen functional groups attached to an aromatic ring is 1. The number of benzene rings is 2. The average Bonchev–Trinajstić information content (AvgIpc) is 2.87. The molecule has 2 aromatic heterocycles. The van der Waals surface area contributed by atoms with Crippen molar-refractivity contribution >= 4 is 34.1 Å². The summed E-state index contributed by atoms with van der Waals surface area (Å²) in [6, 6.07) is 13.7. The molecule has 37 heavy (non-hydrogen) atoms. The molecule has 1 amide bonds. The number of anilines is 3. The predicted molar refractivity (Wildman–Crippen MR) is 145 cm³/mol. The number of rotatable bonds is 9. The lowest BCUT2D eigenvalue weighted by molar-refractivity contribution is -0.136. The smallest absolute Gasteiger partial charge is 0.260 e. The standard InChI is InChI=1S/C28H31N7O2/c1-18-12-23-22(8-9-30-28(23)29)19(2)24(18)15-32-26-13-25(33-17-34-26)31-14-20-4-6-21(7-5-20)37-16-27(36)35-10-3-11-35/h4-9,12-13,17H,3,10-11,14-16H2,1-2H3,(H2,29,30)(H2,31,32,33,34). The molecule has 0 unspecified atom stereocenters. The molecule has 0 saturated carbocycles. The summed E-state index contributed by atoms with van der Waals surface area (Å²) in [5.41, 5.74) is 10.7. The van der Waals surface area contributed by atoms with Gasteiger partial charge in [0.25, 0.3) is 5.91 Å². The molecule has 9 nitrogen and oxygen atoms in total. The summed E-state index contributed by atoms with van der Waals surface area (Å²) < 4.78 is 5.62. The Morgan fingerprint density at radius 2 is 1.70 bits per heavy atom. The third-order valence-corrected chi connectivity index (χ3v) is 6.80. The van der Waals surface area contributed by atoms with Crippen molar-refractivity contribution in [3.05, 3.63) is 77.2 Å². The highest BCUT2D eigenvalue weighted by Gasteiger charge is 2.20. The van der Waals surface area contributed by atoms with E-state index in [2.05, 4.69) is 45.5 Å². The fraction of sp³-hybridized carbons (Fsp3) is 0.286. The minimum atomic E-state index is 0.0399. The van der Waals surface area contributed by atoms with Crippen LogP contribution in [-0.4, -0.2) is 45.5 Å². The third-order valence-electron chi connectivity index (χ3n) is 6.80. The molecule has 0 aliphatic carbocycles. The summed E-state index contributed by atoms with van der Waals surface area (Å²) in [5.74, 6) is 2.74. The van der Waals surface area contributed by atoms with Gasteiger partial charge in [0, 0.05) is 43.8 Å². The van der Waals surface area contributed by atoms with Crippen molar-refractivity contribution < 1.29 is 9.53 Å². The van der Waals surface area contributed by atoms with Crippen LogP contribution in [0.2, 0.25) is 0 Å². The van der Waals surface area contributed by atoms with Gasteiger partial charge < -0.3 is 26.0 Å². The first-order valence-corrected chi connectivity index (χ1v) is 12.4. The maximum absolute atomic E-state index is 11.9. The van der Waals surface area contributed by atoms with Crippen molar-refractivity contribution in [2.24, 2.45) is 0 Å². The van der Waals surface area contributed by atoms with Gasteiger partial charge in [-0.2, -0.15) is 0 Å². The number of ether oxygens (including phenoxy) is 1. The van der Waals surface area contributed by atoms with E-state index < -0.39 is 0 Å². The van der Waals surface area contributed by atoms with Gasteiger partial charge in [0.15, 0.2) is 6.61 Å². The lowest BCUT2D eigenvalue weighted by Gasteiger charge is -2.30. The van der Waals surface area contributed by atoms with Crippen LogP contribution in [0.3, 0.4) is 0 Å². The van der Waals surface area contributed by atoms with Crippen LogP contribution in [0.1, 0.15) is 28.7 Å². The summed E-state index contributed by atoms with van der Waals surface area (Å²) in [6.07, 6.45) is 4.37. The Balaban J connectivity index is 1.16. The van der Waals surface area contributed by atoms with Gasteiger partial charge in [-0.1, -0.05) is 12.1 Å². The fourth-order valence-corrected chi connectivity index (χ4v) is 4.43. The molecule has 0 radical (unpaired) electrons. The van der Waals surface area contributed by atoms with E-state index in [1.165, 1.54) is 11.1 Å². The predicted octanol–water partition coefficient (Wildman–Crippen LogP) is 4.06. The molecular formula is C28H31N7O2. The lowest BCUT2D eigenvalue weighted by atomic mass is 9.96. The van der Waals surface area contributed by atoms with Crippen LogP contribution in [0, 0.1) is 13.8 Å². The van der Waals surface area contributed by atoms with Crippen LogP contribution in [0.4, 0.5) is 17.5 Å². The topological polar surface area (TPSA) is 118 Å². The summed E-state index contributed by atoms with van der Waals surface area (Å²) >= 11 is 0. The first-order chi connectivity index (χ1) is 18.0. The molecule has 0 atom stereocenters. The van der Waals surface area contributed by atoms with Crippen LogP contribution in [0.25, 0.3) is 10.8 Å². The van der Waals surface area contributed by atoms with E-state index in [1.807, 2.05) is 36.4 Å². The Bertz CT molecular complexity index is 1420. The zero-order chi connectivity index (χ0) is 25.8. The molecular weight excluding hydrogens is 466 g/mol. The van der Waals surface area contributed by atoms with Gasteiger partial charge in [-0.25, -0.2) is 15.0 Å². The molecule has 2 aromatic carbocycles. The molecule has 4 N–H and O–H groups in total. The molecule has 9 heteroatoms. The highest BCUT2D eigenvalue weighted by molar-refractivity contribution is 5.94. The van der Waals surface area contributed by atoms with Crippen molar-refractivity contribution in [3.8, 4) is 5.75 Å². The summed E-state index contributed by atoms with van der Waals surface area (Å²) in [6.45, 7) is 7.18. The van der Waals surface area contributed by atoms with Crippen LogP contribution < -0.4 is 21.1 Å². The highest BCUT2D eigenvalue weighted by atomic mass is 16.5. The van der Waals surface area contributed by atoms with E-state index in [0.29, 0.717) is 24.7 Å². The molecule has 4 aromatic rings. The van der Waals surface area contributed by atoms with Gasteiger partial charge in [-0.3, -0.25) is 4.79 Å². The van der Waals surface area contributed by atoms with Crippen molar-refractivity contribution in [3.63, 3.8) is 0 Å². The van der Waals surface area contributed by atoms with E-state index in [-0.39, 0.29) is 12.5 Å². The molecule has 1 aliphatic rings. The zero-order valence-electron chi connectivity index (χ0n) is 21.1. The monoisotopic (exact) mass is 497 g/mol. The maximum atomic E-state index is 11.9. The second kappa shape index (κ2) is 10.7. The number of carbonyl (C=O) groups is 1. The number of pyridine rings is 1. The number of carbonyl (C=O) groups excluding carboxylic acids is 1. The largest absolute Gasteiger partial charge is 0.484 e. The minimum Gasteiger partial charge on any atom is -0.484 e. The Hall–Kier alpha value is -4.40. The molecule has 1 fully saturated rings. The quantitative estimate of drug-likeness (QED) is 0.317. The Morgan fingerprint density at radius 1 is 0.973 bits per heavy atom. The van der Waals surface area contributed by atoms with Crippen molar-refractivity contribution in [1.82, 2.24) is 19.9 Å². The van der Waals surface area contributed by atoms with E-state index >= 15 is 0 Å². The third kappa shape index (κ3) is 5.55. The van der Waals surface area contributed by atoms with Crippen molar-refractivity contribution in [2.75, 3.05) is 36.1 Å². The van der Waals surface area contributed by atoms with E-state index in [9.17, 15) is 4.79 Å². The number of fused-ring (bicyclic) bond motifs is 1. The Morgan fingerprint density at radius 3 is 2.41 bits per heavy atom. The Kier molecular flexibility index (Phi) is 7.02. The number of nitrogens with zero attached hydrogens (tertiary/aromatic N) is 4. The molecule has 0 spiro atoms. The first kappa shape index (κ1) is 24.3. The van der Waals surface area contributed by atoms with E-state index in [4.69, 9.17) is 10.5 Å². The molecule has 3 heterocycles. The summed E-state index contributed by atoms with van der Waals surface area (Å²) in [7, 11) is 0. The second-order valence-electron chi connectivity index (χ2n) is 9.25. The number of aryl methyl sites for hydroxylation is 2. The van der Waals surface area contributed by atoms with Crippen LogP contribution in [0.5, 0.6) is 5.75 Å². The highest BCUT2D eigenvalue weighted by Crippen LogP contribution is 2.28. The van der Waals surface area contributed by atoms with Crippen LogP contribution >= 0.6 is 0 Å². The van der Waals surface area contributed by atoms with Crippen molar-refractivity contribution in [2.45, 2.75) is 33.4 Å². The first-order valence-electron chi connectivity index (χ1n) is 12.4. The molecule has 1 aliphatic heterocycles. The summed E-state index contributed by atoms with van der Waals surface area (Å²) in [5, 5.41) is 8.85. The number of nitrogens with two attached hydrogens (primary N) is 1. The van der Waals surface area contributed by atoms with Crippen LogP contribution in [0.15, 0.2) is 55.0 Å². The van der Waals surface area contributed by atoms with E-state index in [0.717, 1.165) is 53.0 Å². The summed E-state index contributed by atoms with van der Waals surface area (Å²) in [4.78, 5) is 26.7. The normalized spacial score (nSPS) is 12.8. The molecule has 190 valence electrons. The SMILES string of the molecule is Cc1cc2c(N)nccc2c(C)c1CNc1cc(NCc2ccc(OCC(=O)N3CCC3)cc2)ncn1. The molecule has 5 rings (SSSR count). The maximum Gasteiger partial charge on any atom is 0.260 e. The number of aromatic nitrogens is 3. The number of hydrogen-bond donors (Lipinski definition) is 3. The van der Waals surface area contributed by atoms with Crippen LogP contribution in [-0.2, 0) is 17.9 Å². The average molecular weight is 498 g/mol. The second-order valence-corrected chi connectivity index (χ2v) is 9.25. The number of hydrogen-bond acceptors (Lipinski definition) is 8. The van der Waals surface area contributed by atoms with Gasteiger partial charge in [-0.15, -0.1) is 0 Å². The van der Waals surface area contributed by atoms with Gasteiger partial charge >= 0.3 is 0 Å². The Labute approximate surface area is 216 Å². The number of amides is 1. The van der Waals surface area contributed by atoms with Gasteiger partial charge in [-0.05, 0) is 72.2 Å². The van der Waals surface area contributed by atoms with Crippen molar-refractivity contribution in [1.29, 1.82) is 0 Å². The van der Waals surface area contributed by atoms with E-state index in [1.54, 1.807) is 17.4 Å². The fourth-order valence-electron chi connectivity index (χ4n) is 4.43.